The summed E-state index contributed by atoms with van der Waals surface area (Å²) in [5.74, 6) is 4.82. The van der Waals surface area contributed by atoms with Gasteiger partial charge in [0.25, 0.3) is 0 Å². The summed E-state index contributed by atoms with van der Waals surface area (Å²) < 4.78 is 6.53. The van der Waals surface area contributed by atoms with Gasteiger partial charge in [0.2, 0.25) is 0 Å². The molecule has 2 aromatic heterocycles. The van der Waals surface area contributed by atoms with Crippen LogP contribution in [0, 0.1) is 23.7 Å². The van der Waals surface area contributed by atoms with Crippen LogP contribution < -0.4 is 10.1 Å². The van der Waals surface area contributed by atoms with Gasteiger partial charge in [-0.25, -0.2) is 0 Å². The van der Waals surface area contributed by atoms with Crippen LogP contribution in [0.25, 0.3) is 12.2 Å². The first-order valence-electron chi connectivity index (χ1n) is 26.0. The molecule has 8 N–H and O–H groups in total. The highest BCUT2D eigenvalue weighted by Crippen LogP contribution is 2.50. The number of hydrogen-bond acceptors (Lipinski definition) is 9. The number of aromatic hydroxyl groups is 2. The van der Waals surface area contributed by atoms with Crippen LogP contribution in [0.3, 0.4) is 0 Å². The fourth-order valence-corrected chi connectivity index (χ4v) is 13.2. The predicted molar refractivity (Wildman–Crippen MR) is 273 cm³/mol. The number of carbonyl (C=O) groups excluding carboxylic acids is 2. The van der Waals surface area contributed by atoms with Gasteiger partial charge >= 0.3 is 0 Å². The predicted octanol–water partition coefficient (Wildman–Crippen LogP) is 9.28. The molecule has 2 aliphatic heterocycles. The number of fused-ring (bicyclic) bond motifs is 9. The van der Waals surface area contributed by atoms with Gasteiger partial charge in [-0.05, 0) is 145 Å². The minimum absolute atomic E-state index is 0.00981. The highest BCUT2D eigenvalue weighted by molar-refractivity contribution is 6.05. The monoisotopic (exact) mass is 955 g/mol. The highest BCUT2D eigenvalue weighted by Gasteiger charge is 2.47. The molecule has 11 rings (SSSR count). The van der Waals surface area contributed by atoms with Gasteiger partial charge in [-0.1, -0.05) is 73.2 Å². The zero-order valence-corrected chi connectivity index (χ0v) is 40.3. The Labute approximate surface area is 415 Å². The van der Waals surface area contributed by atoms with Gasteiger partial charge < -0.3 is 45.6 Å². The molecular weight excluding hydrogens is 891 g/mol. The lowest BCUT2D eigenvalue weighted by Crippen LogP contribution is -2.43. The average Bonchev–Trinajstić information content (AvgIpc) is 4.21. The maximum absolute atomic E-state index is 16.0. The number of ketones is 2. The van der Waals surface area contributed by atoms with Crippen LogP contribution in [-0.2, 0) is 40.7 Å². The summed E-state index contributed by atoms with van der Waals surface area (Å²) in [5, 5.41) is 62.5. The van der Waals surface area contributed by atoms with Gasteiger partial charge in [-0.15, -0.1) is 0 Å². The number of aromatic nitrogens is 2. The van der Waals surface area contributed by atoms with Crippen molar-refractivity contribution in [2.75, 3.05) is 11.9 Å². The lowest BCUT2D eigenvalue weighted by atomic mass is 9.65. The Morgan fingerprint density at radius 2 is 1.63 bits per heavy atom. The maximum Gasteiger partial charge on any atom is 0.161 e. The van der Waals surface area contributed by atoms with Crippen molar-refractivity contribution in [3.8, 4) is 29.1 Å². The first-order chi connectivity index (χ1) is 34.5. The number of aliphatic hydroxyl groups excluding tert-OH is 2. The van der Waals surface area contributed by atoms with Crippen molar-refractivity contribution in [3.05, 3.63) is 140 Å². The molecule has 4 aliphatic carbocycles. The van der Waals surface area contributed by atoms with Crippen molar-refractivity contribution < 1.29 is 39.9 Å². The number of aliphatic hydroxyl groups is 3. The fourth-order valence-electron chi connectivity index (χ4n) is 13.2. The molecule has 1 spiro atoms. The molecule has 0 saturated heterocycles. The summed E-state index contributed by atoms with van der Waals surface area (Å²) in [5.41, 5.74) is 7.49. The van der Waals surface area contributed by atoms with E-state index in [-0.39, 0.29) is 61.3 Å². The van der Waals surface area contributed by atoms with E-state index in [4.69, 9.17) is 4.74 Å². The normalized spacial score (nSPS) is 26.1. The van der Waals surface area contributed by atoms with Crippen molar-refractivity contribution in [2.24, 2.45) is 11.8 Å². The van der Waals surface area contributed by atoms with E-state index in [1.807, 2.05) is 42.7 Å². The number of ether oxygens (including phenoxy) is 1. The number of benzene rings is 3. The van der Waals surface area contributed by atoms with Gasteiger partial charge in [0.05, 0.1) is 23.7 Å². The Hall–Kier alpha value is -6.32. The summed E-state index contributed by atoms with van der Waals surface area (Å²) in [6.45, 7) is -0.390. The van der Waals surface area contributed by atoms with Crippen molar-refractivity contribution in [1.82, 2.24) is 9.97 Å². The third-order valence-electron chi connectivity index (χ3n) is 17.0. The molecule has 0 amide bonds. The first kappa shape index (κ1) is 47.0. The number of aryl methyl sites for hydroxylation is 2. The fraction of sp³-hybridized carbons (Fsp3) is 0.433. The van der Waals surface area contributed by atoms with E-state index in [1.54, 1.807) is 24.3 Å². The number of nitrogens with one attached hydrogen (secondary N) is 3. The van der Waals surface area contributed by atoms with Crippen LogP contribution in [-0.4, -0.2) is 77.5 Å². The van der Waals surface area contributed by atoms with Gasteiger partial charge in [-0.2, -0.15) is 0 Å². The van der Waals surface area contributed by atoms with Crippen LogP contribution in [0.4, 0.5) is 5.82 Å². The number of H-pyrrole nitrogens is 2. The van der Waals surface area contributed by atoms with E-state index in [1.165, 1.54) is 0 Å². The number of rotatable bonds is 6. The van der Waals surface area contributed by atoms with Crippen LogP contribution in [0.5, 0.6) is 17.2 Å². The molecule has 6 aliphatic rings. The Kier molecular flexibility index (Phi) is 12.8. The van der Waals surface area contributed by atoms with Gasteiger partial charge in [0.1, 0.15) is 23.4 Å². The van der Waals surface area contributed by atoms with E-state index in [9.17, 15) is 30.3 Å². The van der Waals surface area contributed by atoms with Crippen LogP contribution in [0.1, 0.15) is 145 Å². The van der Waals surface area contributed by atoms with Crippen molar-refractivity contribution in [2.45, 2.75) is 144 Å². The Morgan fingerprint density at radius 3 is 2.46 bits per heavy atom. The summed E-state index contributed by atoms with van der Waals surface area (Å²) in [7, 11) is 0. The molecule has 5 aromatic rings. The standard InChI is InChI=1S/C60H65N3O8/c64-28-21-45-52(66)16-14-37-31-41(56(68)53(32-37)71-42-8-1-2-9-42)30-36-13-15-48-40(29-36)33-39-19-26-62-58(39)63-49(10-6-12-54(67)60(48)22-3-4-23-60)46-34-50-44(20-27-61-50)47(55(46)57(45)69)35-59(70)24-17-38-7-5-11-51(65)43(38)18-25-59/h5,7,11,13,15,18-20,25-27,29,31-32,34,42,45,47,49,54-55,61-65,67-68,70H,1-4,8-9,12,14,16-17,21-24,28,30,33,35H2/t45-,47+,49+,54+,55-,59-/m0/s1. The number of carbonyl (C=O) groups is 2. The number of hydrogen-bond donors (Lipinski definition) is 8. The lowest BCUT2D eigenvalue weighted by Gasteiger charge is -2.39. The topological polar surface area (TPSA) is 188 Å². The Balaban J connectivity index is 1.08. The van der Waals surface area contributed by atoms with Crippen LogP contribution in [0.2, 0.25) is 0 Å². The molecule has 3 aromatic carbocycles. The van der Waals surface area contributed by atoms with Gasteiger partial charge in [-0.3, -0.25) is 9.59 Å². The third kappa shape index (κ3) is 9.04. The van der Waals surface area contributed by atoms with Crippen molar-refractivity contribution in [1.29, 1.82) is 0 Å². The second kappa shape index (κ2) is 19.4. The summed E-state index contributed by atoms with van der Waals surface area (Å²) >= 11 is 0. The second-order valence-electron chi connectivity index (χ2n) is 21.3. The first-order valence-corrected chi connectivity index (χ1v) is 26.0. The number of phenolic OH excluding ortho intramolecular Hbond substituents is 2. The molecule has 2 fully saturated rings. The summed E-state index contributed by atoms with van der Waals surface area (Å²) in [6, 6.07) is 19.0. The zero-order chi connectivity index (χ0) is 48.9. The molecule has 0 unspecified atom stereocenters. The minimum Gasteiger partial charge on any atom is -0.507 e. The molecular formula is C60H65N3O8. The van der Waals surface area contributed by atoms with Crippen molar-refractivity contribution in [3.63, 3.8) is 0 Å². The van der Waals surface area contributed by atoms with Gasteiger partial charge in [0, 0.05) is 78.8 Å². The average molecular weight is 956 g/mol. The molecule has 71 heavy (non-hydrogen) atoms. The smallest absolute Gasteiger partial charge is 0.161 e. The molecule has 5 bridgehead atoms. The van der Waals surface area contributed by atoms with E-state index in [0.717, 1.165) is 102 Å². The third-order valence-corrected chi connectivity index (χ3v) is 17.0. The van der Waals surface area contributed by atoms with E-state index < -0.39 is 47.5 Å². The quantitative estimate of drug-likeness (QED) is 0.0606. The molecule has 11 nitrogen and oxygen atoms in total. The number of Topliss-reactive ketones (excluding diaryl/α,β-unsaturated/α-hetero) is 2. The Bertz CT molecular complexity index is 2970. The largest absolute Gasteiger partial charge is 0.507 e. The highest BCUT2D eigenvalue weighted by atomic mass is 16.5. The lowest BCUT2D eigenvalue weighted by molar-refractivity contribution is -0.135. The molecule has 11 heteroatoms. The van der Waals surface area contributed by atoms with Gasteiger partial charge in [0.15, 0.2) is 17.3 Å². The minimum atomic E-state index is -1.42. The van der Waals surface area contributed by atoms with Crippen molar-refractivity contribution >= 4 is 29.5 Å². The Morgan fingerprint density at radius 1 is 0.817 bits per heavy atom. The van der Waals surface area contributed by atoms with Crippen LogP contribution >= 0.6 is 0 Å². The summed E-state index contributed by atoms with van der Waals surface area (Å²) in [4.78, 5) is 37.8. The molecule has 368 valence electrons. The maximum atomic E-state index is 16.0. The zero-order valence-electron chi connectivity index (χ0n) is 40.3. The second-order valence-corrected chi connectivity index (χ2v) is 21.3. The molecule has 6 atom stereocenters. The van der Waals surface area contributed by atoms with E-state index >= 15 is 4.79 Å². The van der Waals surface area contributed by atoms with E-state index in [0.29, 0.717) is 48.1 Å². The van der Waals surface area contributed by atoms with Crippen LogP contribution in [0.15, 0.2) is 84.7 Å². The number of aromatic amines is 2. The number of anilines is 1. The summed E-state index contributed by atoms with van der Waals surface area (Å²) in [6.07, 6.45) is 18.2. The SMILES string of the molecule is O=C1CCc2cc(c(O)c(OC3CCCC3)c2)Cc2ccc3c(c2)Cc2cc[nH]c2N[C@H](C#CC[C@@H](O)C32CCCC2)C2=Cc3[nH]ccc3[C@@H](C[C@@]3(O)C=Cc4c(O)cccc4CC3)[C@H]2C(=O)[C@H]1CCO. The molecule has 2 saturated carbocycles. The van der Waals surface area contributed by atoms with E-state index in [2.05, 4.69) is 51.4 Å². The number of phenols is 2. The molecule has 4 heterocycles. The molecule has 0 radical (unpaired) electrons.